The second-order valence-corrected chi connectivity index (χ2v) is 10.5. The van der Waals surface area contributed by atoms with E-state index in [1.165, 1.54) is 24.3 Å². The second-order valence-electron chi connectivity index (χ2n) is 8.57. The molecule has 3 aromatic rings. The Hall–Kier alpha value is -5.07. The Kier molecular flexibility index (Phi) is 9.68. The lowest BCUT2D eigenvalue weighted by molar-refractivity contribution is 0.0953. The smallest absolute Gasteiger partial charge is 0.333 e. The number of anilines is 1. The molecule has 0 heterocycles. The van der Waals surface area contributed by atoms with Gasteiger partial charge in [-0.3, -0.25) is 25.3 Å². The van der Waals surface area contributed by atoms with E-state index in [9.17, 15) is 23.1 Å². The molecular weight excluding hydrogens is 532 g/mol. The fourth-order valence-corrected chi connectivity index (χ4v) is 5.15. The number of nitrogens with zero attached hydrogens (tertiary/aromatic N) is 2. The van der Waals surface area contributed by atoms with Gasteiger partial charge in [0.2, 0.25) is 9.84 Å². The third kappa shape index (κ3) is 7.07. The van der Waals surface area contributed by atoms with Gasteiger partial charge >= 0.3 is 6.03 Å². The summed E-state index contributed by atoms with van der Waals surface area (Å²) in [5.41, 5.74) is 7.08. The number of hydrogen-bond donors (Lipinski definition) is 5. The summed E-state index contributed by atoms with van der Waals surface area (Å²) in [6, 6.07) is 12.0. The zero-order valence-electron chi connectivity index (χ0n) is 21.9. The number of urea groups is 1. The van der Waals surface area contributed by atoms with Gasteiger partial charge < -0.3 is 15.7 Å². The molecule has 12 heteroatoms. The van der Waals surface area contributed by atoms with E-state index < -0.39 is 15.9 Å². The van der Waals surface area contributed by atoms with Gasteiger partial charge in [0.1, 0.15) is 5.75 Å². The molecule has 0 atom stereocenters. The Morgan fingerprint density at radius 2 is 1.43 bits per heavy atom. The molecule has 0 unspecified atom stereocenters. The molecular formula is C28H28N6O5S. The van der Waals surface area contributed by atoms with Crippen LogP contribution in [0.1, 0.15) is 35.3 Å². The van der Waals surface area contributed by atoms with E-state index in [2.05, 4.69) is 37.2 Å². The van der Waals surface area contributed by atoms with Gasteiger partial charge in [-0.05, 0) is 72.5 Å². The number of nitrogens with one attached hydrogen (secondary N) is 4. The van der Waals surface area contributed by atoms with Gasteiger partial charge in [-0.1, -0.05) is 19.9 Å². The minimum atomic E-state index is -4.20. The van der Waals surface area contributed by atoms with Crippen molar-refractivity contribution in [1.82, 2.24) is 16.1 Å². The monoisotopic (exact) mass is 560 g/mol. The summed E-state index contributed by atoms with van der Waals surface area (Å²) >= 11 is 0. The number of hydrazine groups is 1. The van der Waals surface area contributed by atoms with E-state index in [0.29, 0.717) is 5.56 Å². The van der Waals surface area contributed by atoms with Gasteiger partial charge in [0.05, 0.1) is 28.6 Å². The third-order valence-corrected chi connectivity index (χ3v) is 7.70. The lowest BCUT2D eigenvalue weighted by Gasteiger charge is -2.16. The van der Waals surface area contributed by atoms with Crippen molar-refractivity contribution in [3.05, 3.63) is 94.1 Å². The van der Waals surface area contributed by atoms with Crippen molar-refractivity contribution in [2.24, 2.45) is 0 Å². The van der Waals surface area contributed by atoms with Crippen LogP contribution in [0.2, 0.25) is 0 Å². The Bertz CT molecular complexity index is 1580. The molecule has 3 rings (SSSR count). The zero-order chi connectivity index (χ0) is 29.3. The van der Waals surface area contributed by atoms with Crippen LogP contribution < -0.4 is 21.5 Å². The Labute approximate surface area is 232 Å². The van der Waals surface area contributed by atoms with Gasteiger partial charge in [0.15, 0.2) is 11.4 Å². The highest BCUT2D eigenvalue weighted by Gasteiger charge is 2.24. The molecule has 0 aliphatic carbocycles. The van der Waals surface area contributed by atoms with E-state index >= 15 is 0 Å². The van der Waals surface area contributed by atoms with Crippen LogP contribution in [0.4, 0.5) is 21.9 Å². The van der Waals surface area contributed by atoms with Crippen LogP contribution in [0.15, 0.2) is 64.4 Å². The van der Waals surface area contributed by atoms with Gasteiger partial charge in [-0.15, -0.1) is 0 Å². The number of amides is 3. The molecule has 0 saturated heterocycles. The molecule has 0 aromatic heterocycles. The zero-order valence-corrected chi connectivity index (χ0v) is 22.7. The summed E-state index contributed by atoms with van der Waals surface area (Å²) in [5, 5.41) is 14.8. The average Bonchev–Trinajstić information content (AvgIpc) is 2.97. The Balaban J connectivity index is 1.66. The summed E-state index contributed by atoms with van der Waals surface area (Å²) in [7, 11) is -4.20. The number of benzene rings is 3. The van der Waals surface area contributed by atoms with E-state index in [0.717, 1.165) is 36.1 Å². The maximum atomic E-state index is 13.3. The fourth-order valence-electron chi connectivity index (χ4n) is 3.73. The Morgan fingerprint density at radius 1 is 0.850 bits per heavy atom. The van der Waals surface area contributed by atoms with Crippen LogP contribution >= 0.6 is 0 Å². The van der Waals surface area contributed by atoms with Crippen LogP contribution in [0, 0.1) is 13.1 Å². The maximum Gasteiger partial charge on any atom is 0.333 e. The van der Waals surface area contributed by atoms with Crippen molar-refractivity contribution in [2.75, 3.05) is 18.5 Å². The number of carbonyl (C=O) groups is 2. The predicted molar refractivity (Wildman–Crippen MR) is 150 cm³/mol. The number of aromatic hydroxyl groups is 1. The third-order valence-electron chi connectivity index (χ3n) is 5.89. The molecule has 0 saturated carbocycles. The highest BCUT2D eigenvalue weighted by Crippen LogP contribution is 2.38. The van der Waals surface area contributed by atoms with Gasteiger partial charge in [-0.2, -0.15) is 0 Å². The number of rotatable bonds is 10. The normalized spacial score (nSPS) is 10.6. The fraction of sp³-hybridized carbons (Fsp3) is 0.214. The molecule has 3 amide bonds. The lowest BCUT2D eigenvalue weighted by Crippen LogP contribution is -2.42. The molecule has 0 radical (unpaired) electrons. The summed E-state index contributed by atoms with van der Waals surface area (Å²) in [4.78, 5) is 30.9. The van der Waals surface area contributed by atoms with Crippen LogP contribution in [0.25, 0.3) is 9.69 Å². The van der Waals surface area contributed by atoms with Crippen molar-refractivity contribution in [3.63, 3.8) is 0 Å². The number of phenols is 1. The molecule has 206 valence electrons. The van der Waals surface area contributed by atoms with Crippen LogP contribution in [-0.2, 0) is 22.7 Å². The standard InChI is InChI=1S/C28H28N6O5S/c1-5-18-13-19(6-2)15-20(14-18)27(36)31-11-12-32-28(37)34-33-25-16-23(29-3)24(30-4)17-26(25)40(38,39)22-9-7-21(35)8-10-22/h7-10,13-17,33,35H,5-6,11-12H2,1-2H3,(H,31,36)(H2,32,34,37). The van der Waals surface area contributed by atoms with E-state index in [1.54, 1.807) is 0 Å². The summed E-state index contributed by atoms with van der Waals surface area (Å²) in [6.07, 6.45) is 1.61. The first-order chi connectivity index (χ1) is 19.1. The average molecular weight is 561 g/mol. The van der Waals surface area contributed by atoms with Crippen molar-refractivity contribution in [1.29, 1.82) is 0 Å². The van der Waals surface area contributed by atoms with Crippen LogP contribution in [0.3, 0.4) is 0 Å². The predicted octanol–water partition coefficient (Wildman–Crippen LogP) is 4.51. The number of phenolic OH excluding ortho intramolecular Hbond substituents is 1. The second kappa shape index (κ2) is 13.1. The molecule has 40 heavy (non-hydrogen) atoms. The van der Waals surface area contributed by atoms with Gasteiger partial charge in [0.25, 0.3) is 5.91 Å². The molecule has 0 bridgehead atoms. The molecule has 0 spiro atoms. The van der Waals surface area contributed by atoms with Crippen molar-refractivity contribution in [3.8, 4) is 5.75 Å². The minimum absolute atomic E-state index is 0.0794. The van der Waals surface area contributed by atoms with Crippen molar-refractivity contribution < 1.29 is 23.1 Å². The SMILES string of the molecule is [C-]#[N+]c1cc(NNC(=O)NCCNC(=O)c2cc(CC)cc(CC)c2)c(S(=O)(=O)c2ccc(O)cc2)cc1[N+]#[C-]. The molecule has 11 nitrogen and oxygen atoms in total. The highest BCUT2D eigenvalue weighted by atomic mass is 32.2. The molecule has 0 fully saturated rings. The van der Waals surface area contributed by atoms with E-state index in [1.807, 2.05) is 26.0 Å². The summed E-state index contributed by atoms with van der Waals surface area (Å²) < 4.78 is 26.6. The highest BCUT2D eigenvalue weighted by molar-refractivity contribution is 7.91. The lowest BCUT2D eigenvalue weighted by atomic mass is 10.0. The first-order valence-corrected chi connectivity index (χ1v) is 13.8. The van der Waals surface area contributed by atoms with E-state index in [4.69, 9.17) is 13.1 Å². The van der Waals surface area contributed by atoms with E-state index in [-0.39, 0.29) is 51.6 Å². The van der Waals surface area contributed by atoms with Gasteiger partial charge in [-0.25, -0.2) is 13.2 Å². The number of aryl methyl sites for hydroxylation is 2. The minimum Gasteiger partial charge on any atom is -0.508 e. The number of hydrogen-bond acceptors (Lipinski definition) is 6. The summed E-state index contributed by atoms with van der Waals surface area (Å²) in [6.45, 7) is 18.9. The topological polar surface area (TPSA) is 145 Å². The Morgan fingerprint density at radius 3 is 2.00 bits per heavy atom. The van der Waals surface area contributed by atoms with Crippen LogP contribution in [0.5, 0.6) is 5.75 Å². The number of carbonyl (C=O) groups excluding carboxylic acids is 2. The molecule has 0 aliphatic heterocycles. The van der Waals surface area contributed by atoms with Crippen molar-refractivity contribution >= 4 is 38.8 Å². The van der Waals surface area contributed by atoms with Crippen molar-refractivity contribution in [2.45, 2.75) is 36.5 Å². The first-order valence-electron chi connectivity index (χ1n) is 12.3. The quantitative estimate of drug-likeness (QED) is 0.140. The first kappa shape index (κ1) is 29.5. The molecule has 0 aliphatic rings. The number of sulfone groups is 1. The maximum absolute atomic E-state index is 13.3. The summed E-state index contributed by atoms with van der Waals surface area (Å²) in [5.74, 6) is -0.391. The largest absolute Gasteiger partial charge is 0.508 e. The van der Waals surface area contributed by atoms with Gasteiger partial charge in [0, 0.05) is 18.7 Å². The molecule has 5 N–H and O–H groups in total. The van der Waals surface area contributed by atoms with Crippen LogP contribution in [-0.4, -0.2) is 38.6 Å². The molecule has 3 aromatic carbocycles.